The highest BCUT2D eigenvalue weighted by molar-refractivity contribution is 6.33. The quantitative estimate of drug-likeness (QED) is 0.611. The molecular formula is C11H13ClFNO2. The number of carbonyl (C=O) groups excluding carboxylic acids is 1. The number of nitrogen functional groups attached to an aromatic ring is 1. The van der Waals surface area contributed by atoms with E-state index in [2.05, 4.69) is 0 Å². The van der Waals surface area contributed by atoms with Gasteiger partial charge in [-0.25, -0.2) is 9.18 Å². The van der Waals surface area contributed by atoms with Gasteiger partial charge < -0.3 is 10.5 Å². The standard InChI is InChI=1S/C11H13ClFNO2/c1-11(2,3)16-10(15)6-4-8(13)9(14)5-7(6)12/h4-5H,14H2,1-3H3. The van der Waals surface area contributed by atoms with Crippen LogP contribution in [0.1, 0.15) is 31.1 Å². The van der Waals surface area contributed by atoms with Gasteiger partial charge in [0.1, 0.15) is 11.4 Å². The molecule has 0 aliphatic rings. The van der Waals surface area contributed by atoms with Crippen molar-refractivity contribution in [3.63, 3.8) is 0 Å². The molecule has 1 aromatic carbocycles. The molecule has 0 saturated carbocycles. The van der Waals surface area contributed by atoms with Crippen molar-refractivity contribution in [3.8, 4) is 0 Å². The molecule has 0 aliphatic carbocycles. The van der Waals surface area contributed by atoms with E-state index in [0.717, 1.165) is 6.07 Å². The molecule has 1 aromatic rings. The summed E-state index contributed by atoms with van der Waals surface area (Å²) in [5.74, 6) is -1.36. The number of rotatable bonds is 1. The normalized spacial score (nSPS) is 11.3. The van der Waals surface area contributed by atoms with Gasteiger partial charge >= 0.3 is 5.97 Å². The van der Waals surface area contributed by atoms with Crippen molar-refractivity contribution in [1.82, 2.24) is 0 Å². The molecule has 0 spiro atoms. The molecule has 16 heavy (non-hydrogen) atoms. The van der Waals surface area contributed by atoms with E-state index in [0.29, 0.717) is 0 Å². The lowest BCUT2D eigenvalue weighted by Crippen LogP contribution is -2.24. The van der Waals surface area contributed by atoms with Crippen LogP contribution in [0.5, 0.6) is 0 Å². The summed E-state index contributed by atoms with van der Waals surface area (Å²) in [5.41, 5.74) is 4.53. The van der Waals surface area contributed by atoms with Crippen molar-refractivity contribution in [1.29, 1.82) is 0 Å². The van der Waals surface area contributed by atoms with Gasteiger partial charge in [-0.05, 0) is 32.9 Å². The van der Waals surface area contributed by atoms with Gasteiger partial charge in [0, 0.05) is 0 Å². The highest BCUT2D eigenvalue weighted by Gasteiger charge is 2.21. The Balaban J connectivity index is 3.05. The van der Waals surface area contributed by atoms with E-state index in [-0.39, 0.29) is 16.3 Å². The first-order chi connectivity index (χ1) is 7.20. The SMILES string of the molecule is CC(C)(C)OC(=O)c1cc(F)c(N)cc1Cl. The second-order valence-corrected chi connectivity index (χ2v) is 4.76. The molecule has 0 saturated heterocycles. The molecule has 0 unspecified atom stereocenters. The lowest BCUT2D eigenvalue weighted by atomic mass is 10.1. The number of anilines is 1. The van der Waals surface area contributed by atoms with Gasteiger partial charge in [0.05, 0.1) is 16.3 Å². The van der Waals surface area contributed by atoms with Crippen LogP contribution < -0.4 is 5.73 Å². The average Bonchev–Trinajstić information content (AvgIpc) is 2.08. The maximum atomic E-state index is 13.2. The number of hydrogen-bond donors (Lipinski definition) is 1. The van der Waals surface area contributed by atoms with Gasteiger partial charge in [-0.2, -0.15) is 0 Å². The predicted octanol–water partition coefficient (Wildman–Crippen LogP) is 3.02. The second-order valence-electron chi connectivity index (χ2n) is 4.36. The van der Waals surface area contributed by atoms with Crippen LogP contribution >= 0.6 is 11.6 Å². The maximum absolute atomic E-state index is 13.2. The molecule has 0 heterocycles. The summed E-state index contributed by atoms with van der Waals surface area (Å²) in [6, 6.07) is 2.17. The number of benzene rings is 1. The molecule has 0 atom stereocenters. The maximum Gasteiger partial charge on any atom is 0.340 e. The van der Waals surface area contributed by atoms with E-state index >= 15 is 0 Å². The van der Waals surface area contributed by atoms with Gasteiger partial charge in [-0.15, -0.1) is 0 Å². The lowest BCUT2D eigenvalue weighted by Gasteiger charge is -2.19. The van der Waals surface area contributed by atoms with Crippen LogP contribution in [0, 0.1) is 5.82 Å². The molecule has 0 radical (unpaired) electrons. The first-order valence-electron chi connectivity index (χ1n) is 4.68. The molecule has 0 amide bonds. The van der Waals surface area contributed by atoms with Crippen LogP contribution in [0.2, 0.25) is 5.02 Å². The first kappa shape index (κ1) is 12.8. The third kappa shape index (κ3) is 3.10. The Morgan fingerprint density at radius 2 is 2.00 bits per heavy atom. The number of hydrogen-bond acceptors (Lipinski definition) is 3. The Bertz CT molecular complexity index is 427. The van der Waals surface area contributed by atoms with Crippen LogP contribution in [-0.2, 0) is 4.74 Å². The second kappa shape index (κ2) is 4.29. The Morgan fingerprint density at radius 3 is 2.50 bits per heavy atom. The summed E-state index contributed by atoms with van der Waals surface area (Å²) in [6.07, 6.45) is 0. The van der Waals surface area contributed by atoms with Gasteiger partial charge in [-0.1, -0.05) is 11.6 Å². The van der Waals surface area contributed by atoms with Crippen LogP contribution in [0.3, 0.4) is 0 Å². The van der Waals surface area contributed by atoms with Gasteiger partial charge in [0.2, 0.25) is 0 Å². The minimum absolute atomic E-state index is 0.0247. The summed E-state index contributed by atoms with van der Waals surface area (Å²) in [7, 11) is 0. The van der Waals surface area contributed by atoms with Gasteiger partial charge in [-0.3, -0.25) is 0 Å². The third-order valence-corrected chi connectivity index (χ3v) is 2.02. The van der Waals surface area contributed by atoms with Crippen LogP contribution in [0.4, 0.5) is 10.1 Å². The smallest absolute Gasteiger partial charge is 0.340 e. The molecule has 0 aliphatic heterocycles. The van der Waals surface area contributed by atoms with Crippen molar-refractivity contribution in [2.45, 2.75) is 26.4 Å². The van der Waals surface area contributed by atoms with Crippen molar-refractivity contribution in [2.75, 3.05) is 5.73 Å². The summed E-state index contributed by atoms with van der Waals surface area (Å²) in [4.78, 5) is 11.6. The molecule has 5 heteroatoms. The van der Waals surface area contributed by atoms with Crippen molar-refractivity contribution < 1.29 is 13.9 Å². The Kier molecular flexibility index (Phi) is 3.43. The number of ether oxygens (including phenoxy) is 1. The van der Waals surface area contributed by atoms with Crippen LogP contribution in [-0.4, -0.2) is 11.6 Å². The van der Waals surface area contributed by atoms with E-state index in [9.17, 15) is 9.18 Å². The van der Waals surface area contributed by atoms with Gasteiger partial charge in [0.15, 0.2) is 0 Å². The van der Waals surface area contributed by atoms with E-state index in [1.807, 2.05) is 0 Å². The Morgan fingerprint density at radius 1 is 1.44 bits per heavy atom. The largest absolute Gasteiger partial charge is 0.456 e. The van der Waals surface area contributed by atoms with E-state index in [4.69, 9.17) is 22.1 Å². The minimum atomic E-state index is -0.690. The van der Waals surface area contributed by atoms with E-state index in [1.165, 1.54) is 6.07 Å². The zero-order chi connectivity index (χ0) is 12.5. The first-order valence-corrected chi connectivity index (χ1v) is 5.06. The Labute approximate surface area is 98.3 Å². The highest BCUT2D eigenvalue weighted by Crippen LogP contribution is 2.24. The molecule has 0 bridgehead atoms. The van der Waals surface area contributed by atoms with E-state index < -0.39 is 17.4 Å². The molecular weight excluding hydrogens is 233 g/mol. The topological polar surface area (TPSA) is 52.3 Å². The molecule has 88 valence electrons. The zero-order valence-electron chi connectivity index (χ0n) is 9.30. The monoisotopic (exact) mass is 245 g/mol. The molecule has 1 rings (SSSR count). The Hall–Kier alpha value is -1.29. The molecule has 2 N–H and O–H groups in total. The molecule has 3 nitrogen and oxygen atoms in total. The summed E-state index contributed by atoms with van der Waals surface area (Å²) in [6.45, 7) is 5.14. The molecule has 0 fully saturated rings. The predicted molar refractivity (Wildman–Crippen MR) is 61.0 cm³/mol. The van der Waals surface area contributed by atoms with Crippen LogP contribution in [0.15, 0.2) is 12.1 Å². The number of esters is 1. The zero-order valence-corrected chi connectivity index (χ0v) is 10.1. The van der Waals surface area contributed by atoms with E-state index in [1.54, 1.807) is 20.8 Å². The number of carbonyl (C=O) groups is 1. The van der Waals surface area contributed by atoms with Crippen LogP contribution in [0.25, 0.3) is 0 Å². The lowest BCUT2D eigenvalue weighted by molar-refractivity contribution is 0.00693. The summed E-state index contributed by atoms with van der Waals surface area (Å²) in [5, 5.41) is 0.0770. The van der Waals surface area contributed by atoms with Crippen molar-refractivity contribution in [2.24, 2.45) is 0 Å². The fourth-order valence-corrected chi connectivity index (χ4v) is 1.30. The summed E-state index contributed by atoms with van der Waals surface area (Å²) >= 11 is 5.78. The summed E-state index contributed by atoms with van der Waals surface area (Å²) < 4.78 is 18.2. The average molecular weight is 246 g/mol. The fraction of sp³-hybridized carbons (Fsp3) is 0.364. The fourth-order valence-electron chi connectivity index (χ4n) is 1.05. The highest BCUT2D eigenvalue weighted by atomic mass is 35.5. The number of halogens is 2. The molecule has 0 aromatic heterocycles. The minimum Gasteiger partial charge on any atom is -0.456 e. The third-order valence-electron chi connectivity index (χ3n) is 1.71. The van der Waals surface area contributed by atoms with Crippen molar-refractivity contribution in [3.05, 3.63) is 28.5 Å². The van der Waals surface area contributed by atoms with Gasteiger partial charge in [0.25, 0.3) is 0 Å². The van der Waals surface area contributed by atoms with Crippen molar-refractivity contribution >= 4 is 23.3 Å². The number of nitrogens with two attached hydrogens (primary N) is 1.